The van der Waals surface area contributed by atoms with E-state index in [-0.39, 0.29) is 17.6 Å². The van der Waals surface area contributed by atoms with Gasteiger partial charge in [0.05, 0.1) is 12.4 Å². The van der Waals surface area contributed by atoms with Gasteiger partial charge in [-0.1, -0.05) is 0 Å². The lowest BCUT2D eigenvalue weighted by Crippen LogP contribution is -2.36. The van der Waals surface area contributed by atoms with Crippen LogP contribution in [0.25, 0.3) is 0 Å². The van der Waals surface area contributed by atoms with Crippen molar-refractivity contribution in [2.75, 3.05) is 26.2 Å². The highest BCUT2D eigenvalue weighted by atomic mass is 19.1. The maximum Gasteiger partial charge on any atom is 0.274 e. The van der Waals surface area contributed by atoms with Gasteiger partial charge in [0, 0.05) is 32.2 Å². The first-order valence-corrected chi connectivity index (χ1v) is 8.98. The normalized spacial score (nSPS) is 18.4. The average molecular weight is 356 g/mol. The van der Waals surface area contributed by atoms with E-state index >= 15 is 0 Å². The van der Waals surface area contributed by atoms with Crippen LogP contribution in [0.4, 0.5) is 4.39 Å². The molecule has 26 heavy (non-hydrogen) atoms. The molecule has 136 valence electrons. The number of halogens is 1. The Morgan fingerprint density at radius 1 is 1.04 bits per heavy atom. The topological polar surface area (TPSA) is 58.6 Å². The second-order valence-electron chi connectivity index (χ2n) is 6.71. The molecule has 6 nitrogen and oxygen atoms in total. The van der Waals surface area contributed by atoms with E-state index < -0.39 is 0 Å². The van der Waals surface area contributed by atoms with Gasteiger partial charge in [-0.3, -0.25) is 9.69 Å². The third kappa shape index (κ3) is 3.99. The van der Waals surface area contributed by atoms with Crippen molar-refractivity contribution in [3.63, 3.8) is 0 Å². The lowest BCUT2D eigenvalue weighted by molar-refractivity contribution is 0.0754. The van der Waals surface area contributed by atoms with Crippen LogP contribution in [0, 0.1) is 5.82 Å². The van der Waals surface area contributed by atoms with Crippen LogP contribution in [0.2, 0.25) is 0 Å². The highest BCUT2D eigenvalue weighted by Crippen LogP contribution is 2.27. The number of hydrogen-bond donors (Lipinski definition) is 0. The molecule has 7 heteroatoms. The predicted octanol–water partition coefficient (Wildman–Crippen LogP) is 2.72. The summed E-state index contributed by atoms with van der Waals surface area (Å²) in [6, 6.07) is 6.38. The van der Waals surface area contributed by atoms with Gasteiger partial charge in [-0.15, -0.1) is 0 Å². The molecule has 2 fully saturated rings. The summed E-state index contributed by atoms with van der Waals surface area (Å²) in [5.41, 5.74) is 0.316. The quantitative estimate of drug-likeness (QED) is 0.843. The molecular formula is C19H21FN4O2. The number of benzene rings is 1. The smallest absolute Gasteiger partial charge is 0.274 e. The second kappa shape index (κ2) is 7.37. The van der Waals surface area contributed by atoms with Crippen LogP contribution in [-0.4, -0.2) is 57.9 Å². The van der Waals surface area contributed by atoms with Gasteiger partial charge in [-0.2, -0.15) is 0 Å². The van der Waals surface area contributed by atoms with Crippen LogP contribution in [0.5, 0.6) is 11.6 Å². The molecule has 1 amide bonds. The van der Waals surface area contributed by atoms with Crippen molar-refractivity contribution in [3.05, 3.63) is 48.2 Å². The van der Waals surface area contributed by atoms with Crippen molar-refractivity contribution in [3.8, 4) is 11.6 Å². The molecule has 0 atom stereocenters. The summed E-state index contributed by atoms with van der Waals surface area (Å²) in [7, 11) is 0. The molecule has 0 bridgehead atoms. The van der Waals surface area contributed by atoms with Crippen molar-refractivity contribution >= 4 is 5.91 Å². The second-order valence-corrected chi connectivity index (χ2v) is 6.71. The molecule has 0 radical (unpaired) electrons. The van der Waals surface area contributed by atoms with E-state index in [1.165, 1.54) is 49.5 Å². The molecule has 1 aromatic carbocycles. The van der Waals surface area contributed by atoms with Crippen molar-refractivity contribution in [1.29, 1.82) is 0 Å². The minimum Gasteiger partial charge on any atom is -0.438 e. The van der Waals surface area contributed by atoms with E-state index in [1.54, 1.807) is 0 Å². The van der Waals surface area contributed by atoms with Crippen LogP contribution in [0.3, 0.4) is 0 Å². The molecule has 0 unspecified atom stereocenters. The summed E-state index contributed by atoms with van der Waals surface area (Å²) < 4.78 is 18.4. The molecule has 4 rings (SSSR count). The van der Waals surface area contributed by atoms with Crippen molar-refractivity contribution in [2.24, 2.45) is 0 Å². The number of amides is 1. The number of aromatic nitrogens is 2. The molecule has 2 aromatic rings. The zero-order chi connectivity index (χ0) is 17.9. The molecule has 2 aliphatic rings. The minimum absolute atomic E-state index is 0.0940. The van der Waals surface area contributed by atoms with Gasteiger partial charge < -0.3 is 9.64 Å². The van der Waals surface area contributed by atoms with Crippen LogP contribution in [0.1, 0.15) is 29.8 Å². The van der Waals surface area contributed by atoms with E-state index in [0.29, 0.717) is 11.4 Å². The highest BCUT2D eigenvalue weighted by Gasteiger charge is 2.31. The fourth-order valence-electron chi connectivity index (χ4n) is 3.21. The summed E-state index contributed by atoms with van der Waals surface area (Å²) >= 11 is 0. The van der Waals surface area contributed by atoms with Crippen molar-refractivity contribution in [1.82, 2.24) is 19.8 Å². The van der Waals surface area contributed by atoms with E-state index in [1.807, 2.05) is 4.90 Å². The fourth-order valence-corrected chi connectivity index (χ4v) is 3.21. The van der Waals surface area contributed by atoms with Gasteiger partial charge in [0.25, 0.3) is 5.91 Å². The van der Waals surface area contributed by atoms with Crippen LogP contribution >= 0.6 is 0 Å². The van der Waals surface area contributed by atoms with Crippen LogP contribution < -0.4 is 4.74 Å². The molecule has 2 heterocycles. The molecular weight excluding hydrogens is 335 g/mol. The average Bonchev–Trinajstić information content (AvgIpc) is 3.50. The largest absolute Gasteiger partial charge is 0.438 e. The Morgan fingerprint density at radius 3 is 2.54 bits per heavy atom. The Hall–Kier alpha value is -2.54. The first-order valence-electron chi connectivity index (χ1n) is 8.98. The summed E-state index contributed by atoms with van der Waals surface area (Å²) in [6.07, 6.45) is 6.42. The van der Waals surface area contributed by atoms with Crippen LogP contribution in [0.15, 0.2) is 36.7 Å². The standard InChI is InChI=1S/C19H21FN4O2/c20-14-2-6-16(7-3-14)26-18-13-21-17(12-22-18)19(25)24-9-1-8-23(10-11-24)15-4-5-15/h2-3,6-7,12-13,15H,1,4-5,8-11H2. The lowest BCUT2D eigenvalue weighted by Gasteiger charge is -2.21. The summed E-state index contributed by atoms with van der Waals surface area (Å²) in [4.78, 5) is 25.4. The SMILES string of the molecule is O=C(c1cnc(Oc2ccc(F)cc2)cn1)N1CCCN(C2CC2)CC1. The Bertz CT molecular complexity index is 762. The third-order valence-corrected chi connectivity index (χ3v) is 4.76. The molecule has 1 aliphatic carbocycles. The van der Waals surface area contributed by atoms with Crippen molar-refractivity contribution < 1.29 is 13.9 Å². The number of nitrogens with zero attached hydrogens (tertiary/aromatic N) is 4. The minimum atomic E-state index is -0.331. The van der Waals surface area contributed by atoms with E-state index in [0.717, 1.165) is 38.6 Å². The van der Waals surface area contributed by atoms with Gasteiger partial charge in [0.1, 0.15) is 17.3 Å². The zero-order valence-corrected chi connectivity index (χ0v) is 14.5. The Kier molecular flexibility index (Phi) is 4.79. The zero-order valence-electron chi connectivity index (χ0n) is 14.5. The van der Waals surface area contributed by atoms with Gasteiger partial charge >= 0.3 is 0 Å². The number of carbonyl (C=O) groups excluding carboxylic acids is 1. The molecule has 0 N–H and O–H groups in total. The van der Waals surface area contributed by atoms with Gasteiger partial charge in [0.2, 0.25) is 5.88 Å². The summed E-state index contributed by atoms with van der Waals surface area (Å²) in [5, 5.41) is 0. The van der Waals surface area contributed by atoms with Crippen molar-refractivity contribution in [2.45, 2.75) is 25.3 Å². The number of carbonyl (C=O) groups is 1. The summed E-state index contributed by atoms with van der Waals surface area (Å²) in [6.45, 7) is 3.46. The first-order chi connectivity index (χ1) is 12.7. The molecule has 1 saturated carbocycles. The summed E-state index contributed by atoms with van der Waals surface area (Å²) in [5.74, 6) is 0.307. The number of ether oxygens (including phenoxy) is 1. The van der Waals surface area contributed by atoms with Gasteiger partial charge in [-0.25, -0.2) is 14.4 Å². The number of hydrogen-bond acceptors (Lipinski definition) is 5. The molecule has 1 saturated heterocycles. The Balaban J connectivity index is 1.37. The Morgan fingerprint density at radius 2 is 1.85 bits per heavy atom. The Labute approximate surface area is 151 Å². The van der Waals surface area contributed by atoms with E-state index in [2.05, 4.69) is 14.9 Å². The lowest BCUT2D eigenvalue weighted by atomic mass is 10.3. The third-order valence-electron chi connectivity index (χ3n) is 4.76. The highest BCUT2D eigenvalue weighted by molar-refractivity contribution is 5.92. The molecule has 0 spiro atoms. The molecule has 1 aromatic heterocycles. The number of rotatable bonds is 4. The van der Waals surface area contributed by atoms with E-state index in [4.69, 9.17) is 4.74 Å². The molecule has 1 aliphatic heterocycles. The van der Waals surface area contributed by atoms with E-state index in [9.17, 15) is 9.18 Å². The van der Waals surface area contributed by atoms with Gasteiger partial charge in [0.15, 0.2) is 0 Å². The predicted molar refractivity (Wildman–Crippen MR) is 93.6 cm³/mol. The fraction of sp³-hybridized carbons (Fsp3) is 0.421. The maximum atomic E-state index is 12.9. The monoisotopic (exact) mass is 356 g/mol. The first kappa shape index (κ1) is 16.9. The van der Waals surface area contributed by atoms with Crippen LogP contribution in [-0.2, 0) is 0 Å². The maximum absolute atomic E-state index is 12.9. The van der Waals surface area contributed by atoms with Gasteiger partial charge in [-0.05, 0) is 43.5 Å².